The van der Waals surface area contributed by atoms with Gasteiger partial charge in [0.25, 0.3) is 0 Å². The van der Waals surface area contributed by atoms with Gasteiger partial charge in [0.15, 0.2) is 0 Å². The molecule has 260 valence electrons. The van der Waals surface area contributed by atoms with Crippen molar-refractivity contribution in [2.45, 2.75) is 32.1 Å². The maximum Gasteiger partial charge on any atom is 0.0562 e. The monoisotopic (exact) mass is 694 g/mol. The maximum absolute atomic E-state index is 2.47. The van der Waals surface area contributed by atoms with Crippen molar-refractivity contribution in [3.63, 3.8) is 0 Å². The van der Waals surface area contributed by atoms with E-state index in [2.05, 4.69) is 218 Å². The van der Waals surface area contributed by atoms with Crippen LogP contribution >= 0.6 is 0 Å². The van der Waals surface area contributed by atoms with Gasteiger partial charge >= 0.3 is 0 Å². The Kier molecular flexibility index (Phi) is 7.56. The van der Waals surface area contributed by atoms with Crippen molar-refractivity contribution in [3.8, 4) is 27.9 Å². The highest BCUT2D eigenvalue weighted by Gasteiger charge is 2.37. The van der Waals surface area contributed by atoms with Gasteiger partial charge in [0.2, 0.25) is 0 Å². The zero-order valence-corrected chi connectivity index (χ0v) is 30.9. The van der Waals surface area contributed by atoms with Gasteiger partial charge < -0.3 is 9.47 Å². The summed E-state index contributed by atoms with van der Waals surface area (Å²) in [6, 6.07) is 60.5. The third-order valence-electron chi connectivity index (χ3n) is 11.8. The van der Waals surface area contributed by atoms with Crippen molar-refractivity contribution in [3.05, 3.63) is 205 Å². The molecule has 0 N–H and O–H groups in total. The second-order valence-corrected chi connectivity index (χ2v) is 15.4. The van der Waals surface area contributed by atoms with Gasteiger partial charge in [-0.05, 0) is 99.5 Å². The lowest BCUT2D eigenvalue weighted by Gasteiger charge is -2.29. The fourth-order valence-corrected chi connectivity index (χ4v) is 9.19. The Hall–Kier alpha value is -6.38. The van der Waals surface area contributed by atoms with E-state index < -0.39 is 0 Å². The molecule has 2 unspecified atom stereocenters. The van der Waals surface area contributed by atoms with Crippen molar-refractivity contribution in [2.75, 3.05) is 4.90 Å². The minimum Gasteiger partial charge on any atom is -0.310 e. The Morgan fingerprint density at radius 3 is 2.02 bits per heavy atom. The van der Waals surface area contributed by atoms with Gasteiger partial charge in [-0.2, -0.15) is 0 Å². The van der Waals surface area contributed by atoms with Crippen molar-refractivity contribution in [1.82, 2.24) is 4.57 Å². The summed E-state index contributed by atoms with van der Waals surface area (Å²) in [7, 11) is 0. The summed E-state index contributed by atoms with van der Waals surface area (Å²) in [4.78, 5) is 2.44. The summed E-state index contributed by atoms with van der Waals surface area (Å²) in [5, 5.41) is 2.59. The van der Waals surface area contributed by atoms with Crippen LogP contribution in [0.3, 0.4) is 0 Å². The molecular weight excluding hydrogens is 653 g/mol. The van der Waals surface area contributed by atoms with Crippen molar-refractivity contribution < 1.29 is 0 Å². The van der Waals surface area contributed by atoms with Gasteiger partial charge in [-0.15, -0.1) is 0 Å². The Bertz CT molecular complexity index is 2750. The molecule has 1 aromatic heterocycles. The number of aromatic nitrogens is 1. The molecule has 0 spiro atoms. The molecule has 10 rings (SSSR count). The predicted molar refractivity (Wildman–Crippen MR) is 229 cm³/mol. The number of hydrogen-bond donors (Lipinski definition) is 0. The number of fused-ring (bicyclic) bond motifs is 7. The standard InChI is InChI=1S/C52H42N2/c1-35-17-13-14-24-43(35)38-31-37(36-18-7-4-8-19-36)32-42(33-38)53(39-20-9-5-10-21-39)41-27-28-45-49(34-41)54(40-22-11-6-12-23-40)48-30-29-47-50(51(45)48)44-25-15-16-26-46(44)52(47,2)3/h4-35,43H,1-3H3. The molecule has 2 aliphatic rings. The number of rotatable bonds is 6. The molecule has 0 radical (unpaired) electrons. The first-order valence-corrected chi connectivity index (χ1v) is 19.1. The van der Waals surface area contributed by atoms with E-state index in [4.69, 9.17) is 0 Å². The van der Waals surface area contributed by atoms with Crippen molar-refractivity contribution in [2.24, 2.45) is 5.92 Å². The SMILES string of the molecule is CC1C=CC=CC1c1cc(-c2ccccc2)cc(N(c2ccccc2)c2ccc3c4c5c(ccc4n(-c4ccccc4)c3c2)C(C)(C)c2ccccc2-5)c1. The van der Waals surface area contributed by atoms with Crippen LogP contribution < -0.4 is 4.90 Å². The molecule has 1 heterocycles. The minimum absolute atomic E-state index is 0.0758. The third kappa shape index (κ3) is 5.09. The Labute approximate surface area is 318 Å². The molecule has 2 atom stereocenters. The molecule has 0 amide bonds. The van der Waals surface area contributed by atoms with Gasteiger partial charge in [0, 0.05) is 44.9 Å². The van der Waals surface area contributed by atoms with Crippen LogP contribution in [0.2, 0.25) is 0 Å². The van der Waals surface area contributed by atoms with Gasteiger partial charge in [-0.1, -0.05) is 154 Å². The lowest BCUT2D eigenvalue weighted by Crippen LogP contribution is -2.14. The summed E-state index contributed by atoms with van der Waals surface area (Å²) in [5.74, 6) is 0.682. The topological polar surface area (TPSA) is 8.17 Å². The fraction of sp³-hybridized carbons (Fsp3) is 0.115. The quantitative estimate of drug-likeness (QED) is 0.168. The molecule has 0 saturated heterocycles. The van der Waals surface area contributed by atoms with E-state index in [0.717, 1.165) is 22.7 Å². The summed E-state index contributed by atoms with van der Waals surface area (Å²) in [5.41, 5.74) is 16.1. The summed E-state index contributed by atoms with van der Waals surface area (Å²) < 4.78 is 2.47. The second-order valence-electron chi connectivity index (χ2n) is 15.4. The summed E-state index contributed by atoms with van der Waals surface area (Å²) >= 11 is 0. The first-order valence-electron chi connectivity index (χ1n) is 19.1. The number of allylic oxidation sites excluding steroid dienone is 4. The fourth-order valence-electron chi connectivity index (χ4n) is 9.19. The predicted octanol–water partition coefficient (Wildman–Crippen LogP) is 14.1. The molecule has 2 nitrogen and oxygen atoms in total. The number of benzene rings is 7. The van der Waals surface area contributed by atoms with Crippen molar-refractivity contribution in [1.29, 1.82) is 0 Å². The number of para-hydroxylation sites is 2. The smallest absolute Gasteiger partial charge is 0.0562 e. The second kappa shape index (κ2) is 12.6. The Balaban J connectivity index is 1.25. The van der Waals surface area contributed by atoms with Crippen LogP contribution in [0.25, 0.3) is 49.7 Å². The van der Waals surface area contributed by atoms with Gasteiger partial charge in [0.1, 0.15) is 0 Å². The van der Waals surface area contributed by atoms with E-state index in [0.29, 0.717) is 5.92 Å². The normalized spacial score (nSPS) is 16.8. The molecule has 0 fully saturated rings. The molecule has 0 aliphatic heterocycles. The average Bonchev–Trinajstić information content (AvgIpc) is 3.67. The first kappa shape index (κ1) is 32.3. The molecule has 2 heteroatoms. The van der Waals surface area contributed by atoms with E-state index in [1.54, 1.807) is 0 Å². The van der Waals surface area contributed by atoms with E-state index >= 15 is 0 Å². The molecule has 54 heavy (non-hydrogen) atoms. The van der Waals surface area contributed by atoms with Crippen molar-refractivity contribution >= 4 is 38.9 Å². The van der Waals surface area contributed by atoms with Crippen LogP contribution in [0.1, 0.15) is 43.4 Å². The zero-order chi connectivity index (χ0) is 36.4. The lowest BCUT2D eigenvalue weighted by molar-refractivity contribution is 0.635. The van der Waals surface area contributed by atoms with Crippen LogP contribution in [0.4, 0.5) is 17.1 Å². The molecule has 0 saturated carbocycles. The van der Waals surface area contributed by atoms with E-state index in [1.165, 1.54) is 60.8 Å². The van der Waals surface area contributed by atoms with Gasteiger partial charge in [-0.3, -0.25) is 0 Å². The number of nitrogens with zero attached hydrogens (tertiary/aromatic N) is 2. The molecule has 0 bridgehead atoms. The average molecular weight is 695 g/mol. The molecular formula is C52H42N2. The highest BCUT2D eigenvalue weighted by molar-refractivity contribution is 6.18. The lowest BCUT2D eigenvalue weighted by atomic mass is 9.82. The van der Waals surface area contributed by atoms with E-state index in [9.17, 15) is 0 Å². The van der Waals surface area contributed by atoms with E-state index in [1.807, 2.05) is 0 Å². The van der Waals surface area contributed by atoms with Gasteiger partial charge in [0.05, 0.1) is 11.0 Å². The minimum atomic E-state index is -0.0758. The Morgan fingerprint density at radius 1 is 0.537 bits per heavy atom. The van der Waals surface area contributed by atoms with E-state index in [-0.39, 0.29) is 11.3 Å². The molecule has 2 aliphatic carbocycles. The number of hydrogen-bond acceptors (Lipinski definition) is 1. The zero-order valence-electron chi connectivity index (χ0n) is 30.9. The van der Waals surface area contributed by atoms with Crippen LogP contribution in [-0.4, -0.2) is 4.57 Å². The highest BCUT2D eigenvalue weighted by Crippen LogP contribution is 2.53. The number of anilines is 3. The van der Waals surface area contributed by atoms with Crippen LogP contribution in [-0.2, 0) is 5.41 Å². The van der Waals surface area contributed by atoms with Crippen LogP contribution in [0.5, 0.6) is 0 Å². The maximum atomic E-state index is 2.47. The Morgan fingerprint density at radius 2 is 1.24 bits per heavy atom. The highest BCUT2D eigenvalue weighted by atomic mass is 15.1. The summed E-state index contributed by atoms with van der Waals surface area (Å²) in [6.07, 6.45) is 9.05. The van der Waals surface area contributed by atoms with Crippen LogP contribution in [0, 0.1) is 5.92 Å². The molecule has 8 aromatic rings. The summed E-state index contributed by atoms with van der Waals surface area (Å²) in [6.45, 7) is 7.06. The van der Waals surface area contributed by atoms with Gasteiger partial charge in [-0.25, -0.2) is 0 Å². The van der Waals surface area contributed by atoms with Crippen LogP contribution in [0.15, 0.2) is 188 Å². The molecule has 7 aromatic carbocycles. The first-order chi connectivity index (χ1) is 26.5. The third-order valence-corrected chi connectivity index (χ3v) is 11.8. The largest absolute Gasteiger partial charge is 0.310 e.